The highest BCUT2D eigenvalue weighted by Crippen LogP contribution is 2.33. The number of nitrogens with one attached hydrogen (secondary N) is 1. The van der Waals surface area contributed by atoms with Crippen LogP contribution in [-0.4, -0.2) is 33.8 Å². The second kappa shape index (κ2) is 9.15. The first-order valence-electron chi connectivity index (χ1n) is 10.6. The van der Waals surface area contributed by atoms with Crippen LogP contribution in [0.25, 0.3) is 5.69 Å². The molecule has 5 rings (SSSR count). The molecule has 170 valence electrons. The van der Waals surface area contributed by atoms with Crippen LogP contribution < -0.4 is 20.3 Å². The third kappa shape index (κ3) is 4.60. The van der Waals surface area contributed by atoms with Crippen molar-refractivity contribution in [1.29, 1.82) is 0 Å². The van der Waals surface area contributed by atoms with Gasteiger partial charge in [-0.15, -0.1) is 11.8 Å². The van der Waals surface area contributed by atoms with Gasteiger partial charge in [-0.1, -0.05) is 23.9 Å². The summed E-state index contributed by atoms with van der Waals surface area (Å²) in [4.78, 5) is 31.4. The van der Waals surface area contributed by atoms with Crippen molar-refractivity contribution in [2.75, 3.05) is 18.3 Å². The van der Waals surface area contributed by atoms with E-state index < -0.39 is 0 Å². The largest absolute Gasteiger partial charge is 0.454 e. The van der Waals surface area contributed by atoms with Crippen molar-refractivity contribution in [3.8, 4) is 17.2 Å². The van der Waals surface area contributed by atoms with Crippen LogP contribution in [0.3, 0.4) is 0 Å². The first-order chi connectivity index (χ1) is 16.0. The molecule has 1 N–H and O–H groups in total. The Morgan fingerprint density at radius 3 is 2.76 bits per heavy atom. The lowest BCUT2D eigenvalue weighted by atomic mass is 10.1. The van der Waals surface area contributed by atoms with E-state index >= 15 is 0 Å². The molecule has 33 heavy (non-hydrogen) atoms. The number of rotatable bonds is 6. The molecule has 9 heteroatoms. The number of ether oxygens (including phenoxy) is 2. The number of hydrogen-bond donors (Lipinski definition) is 1. The molecule has 0 saturated heterocycles. The number of aryl methyl sites for hydroxylation is 3. The minimum atomic E-state index is -0.131. The number of hydrogen-bond acceptors (Lipinski definition) is 7. The van der Waals surface area contributed by atoms with Gasteiger partial charge in [0, 0.05) is 18.7 Å². The topological polar surface area (TPSA) is 82.5 Å². The predicted molar refractivity (Wildman–Crippen MR) is 129 cm³/mol. The normalized spacial score (nSPS) is 13.8. The molecular formula is C24H23N3O4S2. The molecule has 0 unspecified atom stereocenters. The average molecular weight is 482 g/mol. The summed E-state index contributed by atoms with van der Waals surface area (Å²) < 4.78 is 12.4. The Hall–Kier alpha value is -2.91. The zero-order valence-electron chi connectivity index (χ0n) is 18.3. The first-order valence-corrected chi connectivity index (χ1v) is 12.6. The molecule has 2 aliphatic rings. The third-order valence-electron chi connectivity index (χ3n) is 5.39. The summed E-state index contributed by atoms with van der Waals surface area (Å²) in [5.74, 6) is 2.29. The van der Waals surface area contributed by atoms with Crippen LogP contribution in [0.5, 0.6) is 11.5 Å². The maximum Gasteiger partial charge on any atom is 0.272 e. The number of benzene rings is 2. The van der Waals surface area contributed by atoms with Crippen LogP contribution >= 0.6 is 23.5 Å². The van der Waals surface area contributed by atoms with Gasteiger partial charge in [-0.3, -0.25) is 14.2 Å². The SMILES string of the molecule is Cc1cc(C)cc(-n2c(SCC(=O)NCc3ccc4c(c3)OCO4)nc3c(c2=O)SCC3)c1. The van der Waals surface area contributed by atoms with E-state index in [4.69, 9.17) is 14.5 Å². The summed E-state index contributed by atoms with van der Waals surface area (Å²) in [6, 6.07) is 11.6. The van der Waals surface area contributed by atoms with Crippen LogP contribution in [0.2, 0.25) is 0 Å². The van der Waals surface area contributed by atoms with Crippen molar-refractivity contribution in [1.82, 2.24) is 14.9 Å². The maximum atomic E-state index is 13.3. The predicted octanol–water partition coefficient (Wildman–Crippen LogP) is 3.63. The number of amides is 1. The van der Waals surface area contributed by atoms with Crippen LogP contribution in [0.1, 0.15) is 22.4 Å². The van der Waals surface area contributed by atoms with E-state index in [1.54, 1.807) is 16.3 Å². The summed E-state index contributed by atoms with van der Waals surface area (Å²) in [5, 5.41) is 3.48. The highest BCUT2D eigenvalue weighted by atomic mass is 32.2. The van der Waals surface area contributed by atoms with E-state index in [-0.39, 0.29) is 24.0 Å². The number of fused-ring (bicyclic) bond motifs is 2. The van der Waals surface area contributed by atoms with Gasteiger partial charge in [0.05, 0.1) is 22.0 Å². The van der Waals surface area contributed by atoms with E-state index in [0.717, 1.165) is 40.2 Å². The molecule has 2 aliphatic heterocycles. The van der Waals surface area contributed by atoms with Gasteiger partial charge in [-0.2, -0.15) is 0 Å². The zero-order chi connectivity index (χ0) is 22.9. The van der Waals surface area contributed by atoms with Gasteiger partial charge < -0.3 is 14.8 Å². The Bertz CT molecular complexity index is 1290. The molecule has 2 aromatic carbocycles. The summed E-state index contributed by atoms with van der Waals surface area (Å²) in [7, 11) is 0. The van der Waals surface area contributed by atoms with Crippen molar-refractivity contribution in [2.24, 2.45) is 0 Å². The number of carbonyl (C=O) groups excluding carboxylic acids is 1. The Morgan fingerprint density at radius 2 is 1.94 bits per heavy atom. The number of carbonyl (C=O) groups is 1. The van der Waals surface area contributed by atoms with Crippen LogP contribution in [0.15, 0.2) is 51.2 Å². The molecule has 3 heterocycles. The lowest BCUT2D eigenvalue weighted by Gasteiger charge is -2.15. The Balaban J connectivity index is 1.34. The standard InChI is InChI=1S/C24H23N3O4S2/c1-14-7-15(2)9-17(8-14)27-23(29)22-18(5-6-32-22)26-24(27)33-12-21(28)25-11-16-3-4-19-20(10-16)31-13-30-19/h3-4,7-10H,5-6,11-13H2,1-2H3,(H,25,28). The smallest absolute Gasteiger partial charge is 0.272 e. The molecule has 1 amide bonds. The van der Waals surface area contributed by atoms with Crippen LogP contribution in [0.4, 0.5) is 0 Å². The fraction of sp³-hybridized carbons (Fsp3) is 0.292. The van der Waals surface area contributed by atoms with Crippen molar-refractivity contribution >= 4 is 29.4 Å². The van der Waals surface area contributed by atoms with Crippen molar-refractivity contribution in [3.63, 3.8) is 0 Å². The minimum Gasteiger partial charge on any atom is -0.454 e. The summed E-state index contributed by atoms with van der Waals surface area (Å²) in [6.45, 7) is 4.62. The Labute approximate surface area is 199 Å². The minimum absolute atomic E-state index is 0.0595. The summed E-state index contributed by atoms with van der Waals surface area (Å²) in [6.07, 6.45) is 0.771. The number of aromatic nitrogens is 2. The van der Waals surface area contributed by atoms with E-state index in [9.17, 15) is 9.59 Å². The monoisotopic (exact) mass is 481 g/mol. The van der Waals surface area contributed by atoms with E-state index in [1.165, 1.54) is 11.8 Å². The van der Waals surface area contributed by atoms with Gasteiger partial charge in [-0.25, -0.2) is 4.98 Å². The highest BCUT2D eigenvalue weighted by Gasteiger charge is 2.23. The van der Waals surface area contributed by atoms with Gasteiger partial charge in [-0.05, 0) is 54.8 Å². The fourth-order valence-electron chi connectivity index (χ4n) is 3.93. The van der Waals surface area contributed by atoms with Crippen molar-refractivity contribution in [2.45, 2.75) is 36.9 Å². The molecule has 7 nitrogen and oxygen atoms in total. The quantitative estimate of drug-likeness (QED) is 0.425. The fourth-order valence-corrected chi connectivity index (χ4v) is 5.81. The van der Waals surface area contributed by atoms with E-state index in [2.05, 4.69) is 11.4 Å². The second-order valence-corrected chi connectivity index (χ2v) is 10.1. The molecule has 0 atom stereocenters. The summed E-state index contributed by atoms with van der Waals surface area (Å²) in [5.41, 5.74) is 4.62. The van der Waals surface area contributed by atoms with Gasteiger partial charge in [0.15, 0.2) is 16.7 Å². The average Bonchev–Trinajstić information content (AvgIpc) is 3.44. The Morgan fingerprint density at radius 1 is 1.15 bits per heavy atom. The van der Waals surface area contributed by atoms with Crippen LogP contribution in [0, 0.1) is 13.8 Å². The van der Waals surface area contributed by atoms with Crippen LogP contribution in [-0.2, 0) is 17.8 Å². The maximum absolute atomic E-state index is 13.3. The lowest BCUT2D eigenvalue weighted by Crippen LogP contribution is -2.27. The zero-order valence-corrected chi connectivity index (χ0v) is 20.0. The summed E-state index contributed by atoms with van der Waals surface area (Å²) >= 11 is 2.84. The lowest BCUT2D eigenvalue weighted by molar-refractivity contribution is -0.118. The van der Waals surface area contributed by atoms with Crippen molar-refractivity contribution < 1.29 is 14.3 Å². The molecule has 0 fully saturated rings. The molecule has 1 aromatic heterocycles. The third-order valence-corrected chi connectivity index (χ3v) is 7.44. The molecule has 0 radical (unpaired) electrons. The Kier molecular flexibility index (Phi) is 6.07. The molecule has 0 spiro atoms. The highest BCUT2D eigenvalue weighted by molar-refractivity contribution is 8.00. The van der Waals surface area contributed by atoms with Gasteiger partial charge in [0.1, 0.15) is 0 Å². The van der Waals surface area contributed by atoms with Gasteiger partial charge in [0.25, 0.3) is 5.56 Å². The van der Waals surface area contributed by atoms with Gasteiger partial charge in [0.2, 0.25) is 12.7 Å². The molecule has 0 saturated carbocycles. The van der Waals surface area contributed by atoms with E-state index in [1.807, 2.05) is 44.2 Å². The van der Waals surface area contributed by atoms with E-state index in [0.29, 0.717) is 28.1 Å². The van der Waals surface area contributed by atoms with Crippen molar-refractivity contribution in [3.05, 3.63) is 69.1 Å². The molecule has 3 aromatic rings. The molecule has 0 bridgehead atoms. The number of nitrogens with zero attached hydrogens (tertiary/aromatic N) is 2. The van der Waals surface area contributed by atoms with Gasteiger partial charge >= 0.3 is 0 Å². The molecular weight excluding hydrogens is 458 g/mol. The molecule has 0 aliphatic carbocycles. The number of thioether (sulfide) groups is 2. The first kappa shape index (κ1) is 21.9. The second-order valence-electron chi connectivity index (χ2n) is 8.01.